The normalized spacial score (nSPS) is 16.3. The number of hydrogen-bond acceptors (Lipinski definition) is 3. The smallest absolute Gasteiger partial charge is 0.226 e. The fourth-order valence-electron chi connectivity index (χ4n) is 2.91. The maximum absolute atomic E-state index is 4.38. The molecule has 0 unspecified atom stereocenters. The minimum atomic E-state index is 0.0217. The number of aromatic nitrogens is 3. The van der Waals surface area contributed by atoms with Crippen LogP contribution in [0.2, 0.25) is 0 Å². The second kappa shape index (κ2) is 5.91. The molecule has 0 fully saturated rings. The van der Waals surface area contributed by atoms with Crippen molar-refractivity contribution in [2.45, 2.75) is 19.9 Å². The Morgan fingerprint density at radius 2 is 1.83 bits per heavy atom. The molecular formula is C19H17BrN4. The van der Waals surface area contributed by atoms with Gasteiger partial charge in [0.1, 0.15) is 12.4 Å². The summed E-state index contributed by atoms with van der Waals surface area (Å²) < 4.78 is 2.98. The number of halogens is 1. The number of rotatable bonds is 2. The van der Waals surface area contributed by atoms with Crippen LogP contribution in [-0.4, -0.2) is 14.8 Å². The van der Waals surface area contributed by atoms with Gasteiger partial charge in [0.25, 0.3) is 0 Å². The first-order valence-electron chi connectivity index (χ1n) is 7.83. The van der Waals surface area contributed by atoms with Gasteiger partial charge >= 0.3 is 0 Å². The van der Waals surface area contributed by atoms with Crippen LogP contribution in [-0.2, 0) is 0 Å². The average Bonchev–Trinajstić information content (AvgIpc) is 3.06. The van der Waals surface area contributed by atoms with Gasteiger partial charge in [0.05, 0.1) is 0 Å². The number of nitrogens with zero attached hydrogens (tertiary/aromatic N) is 3. The van der Waals surface area contributed by atoms with Crippen LogP contribution in [0.1, 0.15) is 28.3 Å². The average molecular weight is 381 g/mol. The fraction of sp³-hybridized carbons (Fsp3) is 0.158. The molecule has 1 aromatic heterocycles. The zero-order valence-corrected chi connectivity index (χ0v) is 15.1. The van der Waals surface area contributed by atoms with E-state index in [1.807, 2.05) is 4.68 Å². The maximum Gasteiger partial charge on any atom is 0.226 e. The van der Waals surface area contributed by atoms with E-state index in [4.69, 9.17) is 0 Å². The van der Waals surface area contributed by atoms with Crippen molar-refractivity contribution >= 4 is 27.6 Å². The minimum Gasteiger partial charge on any atom is -0.324 e. The van der Waals surface area contributed by atoms with Crippen molar-refractivity contribution in [3.8, 4) is 0 Å². The van der Waals surface area contributed by atoms with Gasteiger partial charge in [-0.15, -0.1) is 0 Å². The third kappa shape index (κ3) is 2.65. The Labute approximate surface area is 149 Å². The SMILES string of the molecule is Cc1ccc(C2=C[C@@H](c3ccc(Br)cc3)n3ncnc3N2)cc1C. The molecule has 4 rings (SSSR count). The Hall–Kier alpha value is -2.40. The number of hydrogen-bond donors (Lipinski definition) is 1. The summed E-state index contributed by atoms with van der Waals surface area (Å²) in [6.07, 6.45) is 3.79. The third-order valence-electron chi connectivity index (χ3n) is 4.44. The van der Waals surface area contributed by atoms with Gasteiger partial charge in [-0.3, -0.25) is 0 Å². The molecule has 0 bridgehead atoms. The zero-order valence-electron chi connectivity index (χ0n) is 13.5. The quantitative estimate of drug-likeness (QED) is 0.699. The first-order valence-corrected chi connectivity index (χ1v) is 8.62. The summed E-state index contributed by atoms with van der Waals surface area (Å²) in [5, 5.41) is 7.78. The second-order valence-electron chi connectivity index (χ2n) is 6.03. The molecule has 0 saturated carbocycles. The zero-order chi connectivity index (χ0) is 16.7. The van der Waals surface area contributed by atoms with Crippen molar-refractivity contribution < 1.29 is 0 Å². The lowest BCUT2D eigenvalue weighted by molar-refractivity contribution is 0.612. The molecular weight excluding hydrogens is 364 g/mol. The predicted octanol–water partition coefficient (Wildman–Crippen LogP) is 4.71. The topological polar surface area (TPSA) is 42.7 Å². The van der Waals surface area contributed by atoms with E-state index in [1.165, 1.54) is 16.7 Å². The molecule has 1 aliphatic rings. The Morgan fingerprint density at radius 3 is 2.58 bits per heavy atom. The van der Waals surface area contributed by atoms with E-state index in [9.17, 15) is 0 Å². The molecule has 0 radical (unpaired) electrons. The highest BCUT2D eigenvalue weighted by Crippen LogP contribution is 2.32. The molecule has 0 amide bonds. The van der Waals surface area contributed by atoms with Gasteiger partial charge in [0, 0.05) is 10.2 Å². The monoisotopic (exact) mass is 380 g/mol. The lowest BCUT2D eigenvalue weighted by Gasteiger charge is -2.24. The van der Waals surface area contributed by atoms with Crippen molar-refractivity contribution in [3.63, 3.8) is 0 Å². The Kier molecular flexibility index (Phi) is 3.73. The number of aryl methyl sites for hydroxylation is 2. The highest BCUT2D eigenvalue weighted by Gasteiger charge is 2.23. The molecule has 0 aliphatic carbocycles. The van der Waals surface area contributed by atoms with Crippen LogP contribution < -0.4 is 5.32 Å². The van der Waals surface area contributed by atoms with Crippen molar-refractivity contribution in [2.24, 2.45) is 0 Å². The summed E-state index contributed by atoms with van der Waals surface area (Å²) in [7, 11) is 0. The Morgan fingerprint density at radius 1 is 1.04 bits per heavy atom. The van der Waals surface area contributed by atoms with Crippen molar-refractivity contribution in [3.05, 3.63) is 81.6 Å². The molecule has 0 spiro atoms. The standard InChI is InChI=1S/C19H17BrN4/c1-12-3-4-15(9-13(12)2)17-10-18(14-5-7-16(20)8-6-14)24-19(23-17)21-11-22-24/h3-11,18H,1-2H3,(H,21,22,23)/t18-/m0/s1. The van der Waals surface area contributed by atoms with Gasteiger partial charge in [-0.05, 0) is 60.4 Å². The highest BCUT2D eigenvalue weighted by molar-refractivity contribution is 9.10. The first-order chi connectivity index (χ1) is 11.6. The van der Waals surface area contributed by atoms with Crippen LogP contribution in [0.25, 0.3) is 5.70 Å². The van der Waals surface area contributed by atoms with E-state index in [-0.39, 0.29) is 6.04 Å². The van der Waals surface area contributed by atoms with Crippen LogP contribution in [0.5, 0.6) is 0 Å². The third-order valence-corrected chi connectivity index (χ3v) is 4.97. The van der Waals surface area contributed by atoms with E-state index in [0.29, 0.717) is 0 Å². The summed E-state index contributed by atoms with van der Waals surface area (Å²) in [5.41, 5.74) is 5.97. The summed E-state index contributed by atoms with van der Waals surface area (Å²) in [5.74, 6) is 0.763. The van der Waals surface area contributed by atoms with E-state index in [0.717, 1.165) is 21.7 Å². The number of benzene rings is 2. The molecule has 1 aliphatic heterocycles. The first kappa shape index (κ1) is 15.1. The van der Waals surface area contributed by atoms with Crippen molar-refractivity contribution in [1.82, 2.24) is 14.8 Å². The molecule has 5 heteroatoms. The van der Waals surface area contributed by atoms with Crippen LogP contribution >= 0.6 is 15.9 Å². The van der Waals surface area contributed by atoms with E-state index < -0.39 is 0 Å². The van der Waals surface area contributed by atoms with E-state index in [2.05, 4.69) is 93.7 Å². The number of fused-ring (bicyclic) bond motifs is 1. The molecule has 1 N–H and O–H groups in total. The number of anilines is 1. The molecule has 24 heavy (non-hydrogen) atoms. The van der Waals surface area contributed by atoms with Crippen LogP contribution in [0.3, 0.4) is 0 Å². The number of allylic oxidation sites excluding steroid dienone is 1. The molecule has 4 nitrogen and oxygen atoms in total. The summed E-state index contributed by atoms with van der Waals surface area (Å²) in [6, 6.07) is 14.9. The highest BCUT2D eigenvalue weighted by atomic mass is 79.9. The predicted molar refractivity (Wildman–Crippen MR) is 99.8 cm³/mol. The lowest BCUT2D eigenvalue weighted by atomic mass is 9.99. The van der Waals surface area contributed by atoms with Crippen molar-refractivity contribution in [2.75, 3.05) is 5.32 Å². The summed E-state index contributed by atoms with van der Waals surface area (Å²) >= 11 is 3.49. The second-order valence-corrected chi connectivity index (χ2v) is 6.94. The lowest BCUT2D eigenvalue weighted by Crippen LogP contribution is -2.20. The van der Waals surface area contributed by atoms with Crippen LogP contribution in [0, 0.1) is 13.8 Å². The summed E-state index contributed by atoms with van der Waals surface area (Å²) in [6.45, 7) is 4.26. The Balaban J connectivity index is 1.81. The molecule has 0 saturated heterocycles. The van der Waals surface area contributed by atoms with Gasteiger partial charge < -0.3 is 5.32 Å². The van der Waals surface area contributed by atoms with E-state index >= 15 is 0 Å². The van der Waals surface area contributed by atoms with E-state index in [1.54, 1.807) is 6.33 Å². The van der Waals surface area contributed by atoms with Gasteiger partial charge in [0.15, 0.2) is 0 Å². The van der Waals surface area contributed by atoms with Crippen LogP contribution in [0.4, 0.5) is 5.95 Å². The molecule has 2 heterocycles. The fourth-order valence-corrected chi connectivity index (χ4v) is 3.17. The minimum absolute atomic E-state index is 0.0217. The maximum atomic E-state index is 4.38. The van der Waals surface area contributed by atoms with Gasteiger partial charge in [-0.1, -0.05) is 40.2 Å². The molecule has 2 aromatic carbocycles. The summed E-state index contributed by atoms with van der Waals surface area (Å²) in [4.78, 5) is 4.36. The van der Waals surface area contributed by atoms with Crippen molar-refractivity contribution in [1.29, 1.82) is 0 Å². The van der Waals surface area contributed by atoms with Gasteiger partial charge in [-0.2, -0.15) is 10.1 Å². The van der Waals surface area contributed by atoms with Crippen LogP contribution in [0.15, 0.2) is 59.3 Å². The molecule has 120 valence electrons. The number of nitrogens with one attached hydrogen (secondary N) is 1. The Bertz CT molecular complexity index is 925. The molecule has 3 aromatic rings. The molecule has 1 atom stereocenters. The largest absolute Gasteiger partial charge is 0.324 e. The van der Waals surface area contributed by atoms with Gasteiger partial charge in [-0.25, -0.2) is 4.68 Å². The van der Waals surface area contributed by atoms with Gasteiger partial charge in [0.2, 0.25) is 5.95 Å².